The maximum atomic E-state index is 2.36. The molecule has 2 aliphatic carbocycles. The van der Waals surface area contributed by atoms with Crippen molar-refractivity contribution in [1.82, 2.24) is 0 Å². The van der Waals surface area contributed by atoms with Gasteiger partial charge in [-0.1, -0.05) is 25.0 Å². The van der Waals surface area contributed by atoms with Crippen molar-refractivity contribution in [3.63, 3.8) is 0 Å². The first-order valence-corrected chi connectivity index (χ1v) is 3.92. The number of hydrogen-bond acceptors (Lipinski definition) is 0. The Morgan fingerprint density at radius 1 is 1.33 bits per heavy atom. The Bertz CT molecular complexity index is 176. The van der Waals surface area contributed by atoms with Crippen LogP contribution in [0.25, 0.3) is 0 Å². The third-order valence-corrected chi connectivity index (χ3v) is 3.00. The molecule has 0 heteroatoms. The van der Waals surface area contributed by atoms with Crippen LogP contribution in [0, 0.1) is 17.8 Å². The molecule has 3 atom stereocenters. The van der Waals surface area contributed by atoms with Gasteiger partial charge >= 0.3 is 0 Å². The van der Waals surface area contributed by atoms with E-state index in [4.69, 9.17) is 0 Å². The molecule has 0 amide bonds. The first kappa shape index (κ1) is 5.52. The van der Waals surface area contributed by atoms with Crippen LogP contribution in [0.3, 0.4) is 0 Å². The van der Waals surface area contributed by atoms with Crippen LogP contribution in [-0.4, -0.2) is 0 Å². The van der Waals surface area contributed by atoms with Gasteiger partial charge in [0.15, 0.2) is 0 Å². The molecule has 1 saturated carbocycles. The fourth-order valence-electron chi connectivity index (χ4n) is 1.88. The van der Waals surface area contributed by atoms with E-state index >= 15 is 0 Å². The highest BCUT2D eigenvalue weighted by Crippen LogP contribution is 2.56. The highest BCUT2D eigenvalue weighted by atomic mass is 14.5. The van der Waals surface area contributed by atoms with E-state index in [-0.39, 0.29) is 0 Å². The third-order valence-electron chi connectivity index (χ3n) is 3.00. The first-order valence-electron chi connectivity index (χ1n) is 3.92. The third kappa shape index (κ3) is 0.654. The summed E-state index contributed by atoms with van der Waals surface area (Å²) in [6.45, 7) is 6.97. The molecule has 3 unspecified atom stereocenters. The highest BCUT2D eigenvalue weighted by Gasteiger charge is 2.45. The predicted octanol–water partition coefficient (Wildman–Crippen LogP) is 2.61. The zero-order chi connectivity index (χ0) is 6.59. The van der Waals surface area contributed by atoms with Gasteiger partial charge in [0.25, 0.3) is 0 Å². The van der Waals surface area contributed by atoms with Gasteiger partial charge in [0, 0.05) is 0 Å². The Labute approximate surface area is 57.0 Å². The minimum Gasteiger partial charge on any atom is -0.0663 e. The van der Waals surface area contributed by atoms with Crippen LogP contribution in [0.15, 0.2) is 11.1 Å². The molecule has 0 bridgehead atoms. The van der Waals surface area contributed by atoms with Gasteiger partial charge in [0.2, 0.25) is 0 Å². The average molecular weight is 122 g/mol. The monoisotopic (exact) mass is 122 g/mol. The highest BCUT2D eigenvalue weighted by molar-refractivity contribution is 5.42. The molecule has 0 aromatic carbocycles. The lowest BCUT2D eigenvalue weighted by molar-refractivity contribution is 0.827. The molecule has 9 heavy (non-hydrogen) atoms. The molecule has 0 nitrogen and oxygen atoms in total. The van der Waals surface area contributed by atoms with Gasteiger partial charge < -0.3 is 0 Å². The summed E-state index contributed by atoms with van der Waals surface area (Å²) in [6.07, 6.45) is 1.47. The van der Waals surface area contributed by atoms with E-state index in [0.717, 1.165) is 17.8 Å². The predicted molar refractivity (Wildman–Crippen MR) is 39.1 cm³/mol. The Morgan fingerprint density at radius 3 is 1.89 bits per heavy atom. The molecular formula is C9H14. The van der Waals surface area contributed by atoms with Crippen molar-refractivity contribution in [2.75, 3.05) is 0 Å². The molecule has 0 N–H and O–H groups in total. The van der Waals surface area contributed by atoms with Gasteiger partial charge in [0.05, 0.1) is 0 Å². The number of hydrogen-bond donors (Lipinski definition) is 0. The van der Waals surface area contributed by atoms with Crippen LogP contribution in [0.1, 0.15) is 27.2 Å². The summed E-state index contributed by atoms with van der Waals surface area (Å²) in [4.78, 5) is 0. The zero-order valence-electron chi connectivity index (χ0n) is 6.44. The topological polar surface area (TPSA) is 0 Å². The van der Waals surface area contributed by atoms with Crippen LogP contribution in [0.5, 0.6) is 0 Å². The van der Waals surface area contributed by atoms with Crippen LogP contribution in [-0.2, 0) is 0 Å². The van der Waals surface area contributed by atoms with E-state index in [9.17, 15) is 0 Å². The smallest absolute Gasteiger partial charge is 0.00155 e. The molecule has 0 heterocycles. The van der Waals surface area contributed by atoms with Crippen molar-refractivity contribution >= 4 is 0 Å². The lowest BCUT2D eigenvalue weighted by Crippen LogP contribution is -1.76. The van der Waals surface area contributed by atoms with Crippen molar-refractivity contribution in [2.24, 2.45) is 17.8 Å². The molecule has 1 fully saturated rings. The molecule has 0 aromatic heterocycles. The number of rotatable bonds is 1. The van der Waals surface area contributed by atoms with E-state index in [1.807, 2.05) is 0 Å². The Kier molecular flexibility index (Phi) is 0.870. The van der Waals surface area contributed by atoms with Gasteiger partial charge in [-0.2, -0.15) is 0 Å². The molecule has 0 aliphatic heterocycles. The summed E-state index contributed by atoms with van der Waals surface area (Å²) in [5, 5.41) is 0. The Balaban J connectivity index is 2.03. The van der Waals surface area contributed by atoms with E-state index in [0.29, 0.717) is 0 Å². The van der Waals surface area contributed by atoms with Crippen molar-refractivity contribution in [3.8, 4) is 0 Å². The van der Waals surface area contributed by atoms with Crippen molar-refractivity contribution in [1.29, 1.82) is 0 Å². The maximum absolute atomic E-state index is 2.36. The Hall–Kier alpha value is -0.260. The van der Waals surface area contributed by atoms with Crippen LogP contribution < -0.4 is 0 Å². The maximum Gasteiger partial charge on any atom is -0.00155 e. The van der Waals surface area contributed by atoms with E-state index < -0.39 is 0 Å². The summed E-state index contributed by atoms with van der Waals surface area (Å²) in [5.41, 5.74) is 3.48. The standard InChI is InChI=1S/C9H14/c1-5-4-8(5)9-6(2)7(9)3/h5-6,8H,4H2,1-3H3. The second-order valence-electron chi connectivity index (χ2n) is 3.68. The van der Waals surface area contributed by atoms with Crippen LogP contribution in [0.2, 0.25) is 0 Å². The van der Waals surface area contributed by atoms with Gasteiger partial charge in [-0.15, -0.1) is 0 Å². The van der Waals surface area contributed by atoms with Crippen LogP contribution in [0.4, 0.5) is 0 Å². The van der Waals surface area contributed by atoms with Crippen molar-refractivity contribution < 1.29 is 0 Å². The molecule has 2 rings (SSSR count). The lowest BCUT2D eigenvalue weighted by Gasteiger charge is -1.85. The zero-order valence-corrected chi connectivity index (χ0v) is 6.44. The largest absolute Gasteiger partial charge is 0.0663 e. The fraction of sp³-hybridized carbons (Fsp3) is 0.778. The minimum atomic E-state index is 0.889. The van der Waals surface area contributed by atoms with Gasteiger partial charge in [0.1, 0.15) is 0 Å². The molecule has 2 aliphatic rings. The summed E-state index contributed by atoms with van der Waals surface area (Å²) in [6, 6.07) is 0. The van der Waals surface area contributed by atoms with Gasteiger partial charge in [-0.25, -0.2) is 0 Å². The fourth-order valence-corrected chi connectivity index (χ4v) is 1.88. The minimum absolute atomic E-state index is 0.889. The molecule has 0 saturated heterocycles. The summed E-state index contributed by atoms with van der Waals surface area (Å²) in [7, 11) is 0. The average Bonchev–Trinajstić information content (AvgIpc) is 2.58. The van der Waals surface area contributed by atoms with Crippen molar-refractivity contribution in [2.45, 2.75) is 27.2 Å². The van der Waals surface area contributed by atoms with Gasteiger partial charge in [-0.05, 0) is 31.1 Å². The quantitative estimate of drug-likeness (QED) is 0.469. The van der Waals surface area contributed by atoms with Crippen LogP contribution >= 0.6 is 0 Å². The second kappa shape index (κ2) is 1.42. The molecule has 0 aromatic rings. The number of allylic oxidation sites excluding steroid dienone is 2. The Morgan fingerprint density at radius 2 is 1.78 bits per heavy atom. The molecule has 0 spiro atoms. The van der Waals surface area contributed by atoms with E-state index in [2.05, 4.69) is 20.8 Å². The van der Waals surface area contributed by atoms with Crippen molar-refractivity contribution in [3.05, 3.63) is 11.1 Å². The lowest BCUT2D eigenvalue weighted by atomic mass is 10.2. The van der Waals surface area contributed by atoms with Gasteiger partial charge in [-0.3, -0.25) is 0 Å². The van der Waals surface area contributed by atoms with E-state index in [1.165, 1.54) is 6.42 Å². The molecule has 50 valence electrons. The first-order chi connectivity index (χ1) is 4.22. The molecule has 0 radical (unpaired) electrons. The second-order valence-corrected chi connectivity index (χ2v) is 3.68. The summed E-state index contributed by atoms with van der Waals surface area (Å²) >= 11 is 0. The van der Waals surface area contributed by atoms with E-state index in [1.54, 1.807) is 11.1 Å². The normalized spacial score (nSPS) is 47.7. The molecular weight excluding hydrogens is 108 g/mol. The summed E-state index contributed by atoms with van der Waals surface area (Å²) in [5.74, 6) is 2.92. The summed E-state index contributed by atoms with van der Waals surface area (Å²) < 4.78 is 0. The SMILES string of the molecule is CC1=C(C2CC2C)C1C.